The van der Waals surface area contributed by atoms with Crippen LogP contribution in [0, 0.1) is 0 Å². The summed E-state index contributed by atoms with van der Waals surface area (Å²) in [5.74, 6) is 5.70. The summed E-state index contributed by atoms with van der Waals surface area (Å²) in [6.45, 7) is 0. The number of benzene rings is 1. The molecule has 1 unspecified atom stereocenters. The van der Waals surface area contributed by atoms with Crippen LogP contribution in [-0.2, 0) is 6.42 Å². The Balaban J connectivity index is 1.89. The van der Waals surface area contributed by atoms with Crippen molar-refractivity contribution in [2.45, 2.75) is 12.5 Å². The average Bonchev–Trinajstić information content (AvgIpc) is 2.91. The van der Waals surface area contributed by atoms with Crippen LogP contribution < -0.4 is 11.3 Å². The lowest BCUT2D eigenvalue weighted by Crippen LogP contribution is -2.29. The Labute approximate surface area is 129 Å². The number of hydrogen-bond donors (Lipinski definition) is 2. The number of para-hydroxylation sites is 1. The van der Waals surface area contributed by atoms with Crippen molar-refractivity contribution < 1.29 is 0 Å². The summed E-state index contributed by atoms with van der Waals surface area (Å²) in [6.07, 6.45) is 0.764. The van der Waals surface area contributed by atoms with Crippen molar-refractivity contribution in [2.24, 2.45) is 5.84 Å². The van der Waals surface area contributed by atoms with Gasteiger partial charge in [-0.05, 0) is 39.5 Å². The zero-order chi connectivity index (χ0) is 13.9. The van der Waals surface area contributed by atoms with Gasteiger partial charge in [0.25, 0.3) is 0 Å². The Morgan fingerprint density at radius 3 is 2.80 bits per heavy atom. The number of nitrogens with one attached hydrogen (secondary N) is 1. The molecule has 3 aromatic rings. The van der Waals surface area contributed by atoms with Gasteiger partial charge in [-0.25, -0.2) is 0 Å². The molecule has 0 aliphatic heterocycles. The maximum Gasteiger partial charge on any atom is 0.0705 e. The van der Waals surface area contributed by atoms with Gasteiger partial charge in [0, 0.05) is 26.9 Å². The molecule has 3 N–H and O–H groups in total. The summed E-state index contributed by atoms with van der Waals surface area (Å²) >= 11 is 5.24. The minimum atomic E-state index is 0.0676. The van der Waals surface area contributed by atoms with Crippen LogP contribution in [0.5, 0.6) is 0 Å². The molecule has 0 aliphatic carbocycles. The van der Waals surface area contributed by atoms with Gasteiger partial charge in [-0.15, -0.1) is 11.3 Å². The quantitative estimate of drug-likeness (QED) is 0.557. The van der Waals surface area contributed by atoms with E-state index in [-0.39, 0.29) is 6.04 Å². The highest BCUT2D eigenvalue weighted by Crippen LogP contribution is 2.30. The van der Waals surface area contributed by atoms with Crippen molar-refractivity contribution in [1.29, 1.82) is 0 Å². The molecule has 3 rings (SSSR count). The van der Waals surface area contributed by atoms with E-state index >= 15 is 0 Å². The zero-order valence-corrected chi connectivity index (χ0v) is 13.1. The number of nitrogens with two attached hydrogens (primary N) is 1. The fourth-order valence-corrected chi connectivity index (χ4v) is 3.92. The van der Waals surface area contributed by atoms with Gasteiger partial charge in [0.15, 0.2) is 0 Å². The summed E-state index contributed by atoms with van der Waals surface area (Å²) in [5, 5.41) is 3.21. The smallest absolute Gasteiger partial charge is 0.0705 e. The first-order chi connectivity index (χ1) is 9.78. The first-order valence-corrected chi connectivity index (χ1v) is 7.99. The van der Waals surface area contributed by atoms with E-state index in [2.05, 4.69) is 44.9 Å². The third kappa shape index (κ3) is 2.76. The second kappa shape index (κ2) is 6.01. The SMILES string of the molecule is NNC(Cc1ccc2ccccc2n1)c1sccc1Br. The molecule has 102 valence electrons. The monoisotopic (exact) mass is 347 g/mol. The van der Waals surface area contributed by atoms with Gasteiger partial charge in [0.1, 0.15) is 0 Å². The Kier molecular flexibility index (Phi) is 4.12. The Morgan fingerprint density at radius 1 is 1.20 bits per heavy atom. The molecule has 2 heterocycles. The molecule has 0 saturated heterocycles. The van der Waals surface area contributed by atoms with Crippen LogP contribution in [0.3, 0.4) is 0 Å². The molecule has 0 aliphatic rings. The first kappa shape index (κ1) is 13.7. The summed E-state index contributed by atoms with van der Waals surface area (Å²) in [5.41, 5.74) is 4.94. The molecule has 5 heteroatoms. The normalized spacial score (nSPS) is 12.7. The fraction of sp³-hybridized carbons (Fsp3) is 0.133. The second-order valence-electron chi connectivity index (χ2n) is 4.55. The third-order valence-electron chi connectivity index (χ3n) is 3.23. The van der Waals surface area contributed by atoms with Crippen LogP contribution >= 0.6 is 27.3 Å². The average molecular weight is 348 g/mol. The molecule has 1 aromatic carbocycles. The molecule has 0 fully saturated rings. The molecular weight excluding hydrogens is 334 g/mol. The van der Waals surface area contributed by atoms with E-state index in [1.54, 1.807) is 11.3 Å². The molecular formula is C15H14BrN3S. The van der Waals surface area contributed by atoms with Gasteiger partial charge in [-0.1, -0.05) is 24.3 Å². The van der Waals surface area contributed by atoms with E-state index in [1.165, 1.54) is 4.88 Å². The topological polar surface area (TPSA) is 50.9 Å². The molecule has 2 aromatic heterocycles. The largest absolute Gasteiger partial charge is 0.271 e. The van der Waals surface area contributed by atoms with Crippen LogP contribution in [0.15, 0.2) is 52.3 Å². The van der Waals surface area contributed by atoms with Crippen LogP contribution in [0.1, 0.15) is 16.6 Å². The van der Waals surface area contributed by atoms with Crippen LogP contribution in [-0.4, -0.2) is 4.98 Å². The lowest BCUT2D eigenvalue weighted by molar-refractivity contribution is 0.553. The van der Waals surface area contributed by atoms with Crippen molar-refractivity contribution >= 4 is 38.2 Å². The molecule has 0 radical (unpaired) electrons. The maximum absolute atomic E-state index is 5.70. The number of hydrogen-bond acceptors (Lipinski definition) is 4. The number of halogens is 1. The van der Waals surface area contributed by atoms with Crippen molar-refractivity contribution in [3.05, 3.63) is 62.9 Å². The highest BCUT2D eigenvalue weighted by molar-refractivity contribution is 9.10. The van der Waals surface area contributed by atoms with E-state index in [9.17, 15) is 0 Å². The van der Waals surface area contributed by atoms with Crippen LogP contribution in [0.4, 0.5) is 0 Å². The van der Waals surface area contributed by atoms with Gasteiger partial charge >= 0.3 is 0 Å². The number of thiophene rings is 1. The first-order valence-electron chi connectivity index (χ1n) is 6.31. The number of rotatable bonds is 4. The standard InChI is InChI=1S/C15H14BrN3S/c16-12-7-8-20-15(12)14(19-17)9-11-6-5-10-3-1-2-4-13(10)18-11/h1-8,14,19H,9,17H2. The van der Waals surface area contributed by atoms with Gasteiger partial charge in [0.2, 0.25) is 0 Å². The zero-order valence-electron chi connectivity index (χ0n) is 10.7. The lowest BCUT2D eigenvalue weighted by Gasteiger charge is -2.15. The summed E-state index contributed by atoms with van der Waals surface area (Å²) in [6, 6.07) is 14.4. The minimum Gasteiger partial charge on any atom is -0.271 e. The molecule has 0 amide bonds. The van der Waals surface area contributed by atoms with Gasteiger partial charge in [-0.3, -0.25) is 16.3 Å². The molecule has 20 heavy (non-hydrogen) atoms. The minimum absolute atomic E-state index is 0.0676. The van der Waals surface area contributed by atoms with Crippen LogP contribution in [0.25, 0.3) is 10.9 Å². The molecule has 1 atom stereocenters. The highest BCUT2D eigenvalue weighted by Gasteiger charge is 2.16. The van der Waals surface area contributed by atoms with E-state index in [1.807, 2.05) is 24.3 Å². The highest BCUT2D eigenvalue weighted by atomic mass is 79.9. The predicted molar refractivity (Wildman–Crippen MR) is 87.5 cm³/mol. The van der Waals surface area contributed by atoms with Crippen molar-refractivity contribution in [1.82, 2.24) is 10.4 Å². The van der Waals surface area contributed by atoms with E-state index in [0.29, 0.717) is 0 Å². The second-order valence-corrected chi connectivity index (χ2v) is 6.35. The fourth-order valence-electron chi connectivity index (χ4n) is 2.21. The molecule has 3 nitrogen and oxygen atoms in total. The van der Waals surface area contributed by atoms with Crippen LogP contribution in [0.2, 0.25) is 0 Å². The Hall–Kier alpha value is -1.27. The predicted octanol–water partition coefficient (Wildman–Crippen LogP) is 3.81. The number of aromatic nitrogens is 1. The summed E-state index contributed by atoms with van der Waals surface area (Å²) in [7, 11) is 0. The number of fused-ring (bicyclic) bond motifs is 1. The Morgan fingerprint density at radius 2 is 2.05 bits per heavy atom. The van der Waals surface area contributed by atoms with E-state index < -0.39 is 0 Å². The molecule has 0 bridgehead atoms. The van der Waals surface area contributed by atoms with Crippen molar-refractivity contribution in [3.63, 3.8) is 0 Å². The van der Waals surface area contributed by atoms with Crippen molar-refractivity contribution in [2.75, 3.05) is 0 Å². The Bertz CT molecular complexity index is 726. The van der Waals surface area contributed by atoms with Gasteiger partial charge < -0.3 is 0 Å². The van der Waals surface area contributed by atoms with Gasteiger partial charge in [0.05, 0.1) is 11.6 Å². The van der Waals surface area contributed by atoms with E-state index in [0.717, 1.165) is 27.5 Å². The van der Waals surface area contributed by atoms with E-state index in [4.69, 9.17) is 10.8 Å². The molecule has 0 spiro atoms. The summed E-state index contributed by atoms with van der Waals surface area (Å²) in [4.78, 5) is 5.89. The van der Waals surface area contributed by atoms with Gasteiger partial charge in [-0.2, -0.15) is 0 Å². The number of pyridine rings is 1. The summed E-state index contributed by atoms with van der Waals surface area (Å²) < 4.78 is 1.09. The maximum atomic E-state index is 5.70. The molecule has 0 saturated carbocycles. The third-order valence-corrected chi connectivity index (χ3v) is 5.22. The number of nitrogens with zero attached hydrogens (tertiary/aromatic N) is 1. The van der Waals surface area contributed by atoms with Crippen molar-refractivity contribution in [3.8, 4) is 0 Å². The lowest BCUT2D eigenvalue weighted by atomic mass is 10.1. The number of hydrazine groups is 1.